The summed E-state index contributed by atoms with van der Waals surface area (Å²) in [6.07, 6.45) is 9.79. The van der Waals surface area contributed by atoms with Gasteiger partial charge in [0.25, 0.3) is 6.01 Å². The van der Waals surface area contributed by atoms with Gasteiger partial charge in [-0.3, -0.25) is 4.90 Å². The molecule has 4 rings (SSSR count). The number of benzene rings is 1. The average molecular weight is 413 g/mol. The lowest BCUT2D eigenvalue weighted by Crippen LogP contribution is -2.48. The van der Waals surface area contributed by atoms with Crippen molar-refractivity contribution in [1.82, 2.24) is 14.8 Å². The summed E-state index contributed by atoms with van der Waals surface area (Å²) >= 11 is 6.66. The van der Waals surface area contributed by atoms with Gasteiger partial charge in [0.1, 0.15) is 5.75 Å². The van der Waals surface area contributed by atoms with E-state index in [-0.39, 0.29) is 6.04 Å². The Balaban J connectivity index is 1.45. The van der Waals surface area contributed by atoms with E-state index in [0.29, 0.717) is 11.8 Å². The molecule has 0 amide bonds. The zero-order chi connectivity index (χ0) is 20.2. The second-order valence-electron chi connectivity index (χ2n) is 7.21. The normalized spacial score (nSPS) is 20.7. The molecule has 29 heavy (non-hydrogen) atoms. The highest BCUT2D eigenvalue weighted by atomic mass is 35.5. The van der Waals surface area contributed by atoms with Crippen LogP contribution in [-0.2, 0) is 0 Å². The predicted octanol–water partition coefficient (Wildman–Crippen LogP) is 3.95. The first-order valence-corrected chi connectivity index (χ1v) is 10.1. The molecule has 0 bridgehead atoms. The lowest BCUT2D eigenvalue weighted by atomic mass is 10.2. The summed E-state index contributed by atoms with van der Waals surface area (Å²) in [6.45, 7) is 4.11. The van der Waals surface area contributed by atoms with Crippen molar-refractivity contribution in [2.45, 2.75) is 6.04 Å². The number of anilines is 1. The van der Waals surface area contributed by atoms with Crippen LogP contribution in [-0.4, -0.2) is 61.2 Å². The molecule has 1 aliphatic heterocycles. The highest BCUT2D eigenvalue weighted by Gasteiger charge is 2.23. The third kappa shape index (κ3) is 4.72. The molecular weight excluding hydrogens is 388 g/mol. The summed E-state index contributed by atoms with van der Waals surface area (Å²) in [6, 6.07) is 8.20. The Hall–Kier alpha value is -2.54. The predicted molar refractivity (Wildman–Crippen MR) is 116 cm³/mol. The summed E-state index contributed by atoms with van der Waals surface area (Å²) < 4.78 is 11.1. The third-order valence-corrected chi connectivity index (χ3v) is 5.52. The van der Waals surface area contributed by atoms with Gasteiger partial charge in [-0.2, -0.15) is 0 Å². The Morgan fingerprint density at radius 2 is 2.07 bits per heavy atom. The molecule has 0 radical (unpaired) electrons. The van der Waals surface area contributed by atoms with E-state index in [1.54, 1.807) is 13.3 Å². The number of oxazole rings is 1. The molecule has 1 aromatic heterocycles. The Labute approximate surface area is 176 Å². The highest BCUT2D eigenvalue weighted by molar-refractivity contribution is 6.30. The second kappa shape index (κ2) is 8.86. The molecule has 6 nitrogen and oxygen atoms in total. The topological polar surface area (TPSA) is 53.8 Å². The van der Waals surface area contributed by atoms with Crippen LogP contribution in [0.15, 0.2) is 69.9 Å². The summed E-state index contributed by atoms with van der Waals surface area (Å²) in [5.41, 5.74) is 1.74. The van der Waals surface area contributed by atoms with Gasteiger partial charge >= 0.3 is 0 Å². The van der Waals surface area contributed by atoms with Crippen LogP contribution in [0.25, 0.3) is 11.3 Å². The van der Waals surface area contributed by atoms with Crippen molar-refractivity contribution in [2.24, 2.45) is 0 Å². The Morgan fingerprint density at radius 3 is 2.86 bits per heavy atom. The number of nitrogens with zero attached hydrogens (tertiary/aromatic N) is 3. The fraction of sp³-hybridized carbons (Fsp3) is 0.318. The average Bonchev–Trinajstić information content (AvgIpc) is 3.12. The van der Waals surface area contributed by atoms with Gasteiger partial charge in [-0.15, -0.1) is 0 Å². The third-order valence-electron chi connectivity index (χ3n) is 5.19. The van der Waals surface area contributed by atoms with Crippen molar-refractivity contribution in [3.8, 4) is 17.1 Å². The second-order valence-corrected chi connectivity index (χ2v) is 7.64. The number of aromatic nitrogens is 1. The van der Waals surface area contributed by atoms with E-state index in [1.807, 2.05) is 42.5 Å². The molecule has 152 valence electrons. The molecule has 7 heteroatoms. The van der Waals surface area contributed by atoms with E-state index >= 15 is 0 Å². The number of likely N-dealkylation sites (N-methyl/N-ethyl adjacent to an activating group) is 1. The maximum absolute atomic E-state index is 6.66. The van der Waals surface area contributed by atoms with E-state index in [9.17, 15) is 0 Å². The summed E-state index contributed by atoms with van der Waals surface area (Å²) in [5.74, 6) is 1.44. The number of allylic oxidation sites excluding steroid dienone is 3. The van der Waals surface area contributed by atoms with E-state index in [0.717, 1.165) is 48.2 Å². The van der Waals surface area contributed by atoms with Gasteiger partial charge in [0.2, 0.25) is 0 Å². The maximum atomic E-state index is 6.66. The Morgan fingerprint density at radius 1 is 1.24 bits per heavy atom. The first-order valence-electron chi connectivity index (χ1n) is 9.68. The first kappa shape index (κ1) is 19.8. The molecule has 0 spiro atoms. The monoisotopic (exact) mass is 412 g/mol. The number of rotatable bonds is 5. The summed E-state index contributed by atoms with van der Waals surface area (Å²) in [4.78, 5) is 9.08. The number of hydrogen-bond acceptors (Lipinski definition) is 6. The van der Waals surface area contributed by atoms with Crippen LogP contribution in [0, 0.1) is 0 Å². The fourth-order valence-electron chi connectivity index (χ4n) is 3.48. The van der Waals surface area contributed by atoms with Crippen molar-refractivity contribution < 1.29 is 9.15 Å². The highest BCUT2D eigenvalue weighted by Crippen LogP contribution is 2.27. The van der Waals surface area contributed by atoms with Crippen molar-refractivity contribution in [1.29, 1.82) is 0 Å². The molecule has 1 N–H and O–H groups in total. The number of halogens is 1. The molecule has 1 aromatic carbocycles. The van der Waals surface area contributed by atoms with Crippen molar-refractivity contribution >= 4 is 17.6 Å². The van der Waals surface area contributed by atoms with Crippen LogP contribution in [0.3, 0.4) is 0 Å². The number of piperazine rings is 1. The molecule has 1 unspecified atom stereocenters. The molecule has 1 aliphatic carbocycles. The minimum atomic E-state index is 0.0952. The first-order chi connectivity index (χ1) is 14.1. The van der Waals surface area contributed by atoms with Crippen LogP contribution in [0.1, 0.15) is 0 Å². The van der Waals surface area contributed by atoms with Gasteiger partial charge in [0.15, 0.2) is 5.76 Å². The number of ether oxygens (including phenoxy) is 1. The fourth-order valence-corrected chi connectivity index (χ4v) is 3.81. The van der Waals surface area contributed by atoms with E-state index in [4.69, 9.17) is 20.8 Å². The smallest absolute Gasteiger partial charge is 0.299 e. The van der Waals surface area contributed by atoms with Gasteiger partial charge < -0.3 is 19.4 Å². The lowest BCUT2D eigenvalue weighted by molar-refractivity contribution is 0.144. The van der Waals surface area contributed by atoms with Crippen molar-refractivity contribution in [3.63, 3.8) is 0 Å². The number of hydrogen-bond donors (Lipinski definition) is 1. The van der Waals surface area contributed by atoms with E-state index < -0.39 is 0 Å². The minimum absolute atomic E-state index is 0.0952. The van der Waals surface area contributed by atoms with Crippen molar-refractivity contribution in [3.05, 3.63) is 65.5 Å². The van der Waals surface area contributed by atoms with Gasteiger partial charge in [0, 0.05) is 42.5 Å². The van der Waals surface area contributed by atoms with Crippen LogP contribution in [0.2, 0.25) is 0 Å². The SMILES string of the molecule is COc1cccc(-c2cnc(NC3=CC=CC(N4CCN(C)CC4)C(Cl)=C3)o2)c1. The van der Waals surface area contributed by atoms with Crippen LogP contribution in [0.5, 0.6) is 5.75 Å². The van der Waals surface area contributed by atoms with Gasteiger partial charge in [-0.1, -0.05) is 35.9 Å². The van der Waals surface area contributed by atoms with Crippen LogP contribution >= 0.6 is 11.6 Å². The quantitative estimate of drug-likeness (QED) is 0.802. The van der Waals surface area contributed by atoms with Gasteiger partial charge in [0.05, 0.1) is 19.3 Å². The van der Waals surface area contributed by atoms with E-state index in [1.165, 1.54) is 0 Å². The largest absolute Gasteiger partial charge is 0.497 e. The van der Waals surface area contributed by atoms with Gasteiger partial charge in [-0.05, 0) is 31.3 Å². The van der Waals surface area contributed by atoms with Crippen LogP contribution in [0.4, 0.5) is 6.01 Å². The number of nitrogens with one attached hydrogen (secondary N) is 1. The molecule has 1 atom stereocenters. The zero-order valence-corrected chi connectivity index (χ0v) is 17.4. The summed E-state index contributed by atoms with van der Waals surface area (Å²) in [7, 11) is 3.79. The molecule has 1 saturated heterocycles. The van der Waals surface area contributed by atoms with Gasteiger partial charge in [-0.25, -0.2) is 4.98 Å². The van der Waals surface area contributed by atoms with Crippen LogP contribution < -0.4 is 10.1 Å². The molecule has 2 heterocycles. The Kier molecular flexibility index (Phi) is 6.04. The molecule has 0 saturated carbocycles. The lowest BCUT2D eigenvalue weighted by Gasteiger charge is -2.36. The Bertz CT molecular complexity index is 942. The summed E-state index contributed by atoms with van der Waals surface area (Å²) in [5, 5.41) is 3.99. The standard InChI is InChI=1S/C22H25ClN4O2/c1-26-9-11-27(12-10-26)20-8-4-6-17(14-19(20)23)25-22-24-15-21(29-22)16-5-3-7-18(13-16)28-2/h3-8,13-15,20H,9-12H2,1-2H3,(H,24,25). The molecular formula is C22H25ClN4O2. The molecule has 2 aromatic rings. The minimum Gasteiger partial charge on any atom is -0.497 e. The van der Waals surface area contributed by atoms with E-state index in [2.05, 4.69) is 33.2 Å². The van der Waals surface area contributed by atoms with Crippen molar-refractivity contribution in [2.75, 3.05) is 45.7 Å². The molecule has 1 fully saturated rings. The maximum Gasteiger partial charge on any atom is 0.299 e. The number of methoxy groups -OCH3 is 1. The molecule has 2 aliphatic rings. The zero-order valence-electron chi connectivity index (χ0n) is 16.6.